The summed E-state index contributed by atoms with van der Waals surface area (Å²) < 4.78 is 1.48. The number of fused-ring (bicyclic) bond motifs is 1. The van der Waals surface area contributed by atoms with Gasteiger partial charge in [-0.05, 0) is 26.0 Å². The zero-order valence-electron chi connectivity index (χ0n) is 9.94. The Morgan fingerprint density at radius 1 is 1.29 bits per heavy atom. The van der Waals surface area contributed by atoms with Crippen LogP contribution in [0.25, 0.3) is 10.9 Å². The average molecular weight is 231 g/mol. The van der Waals surface area contributed by atoms with Crippen molar-refractivity contribution in [3.63, 3.8) is 0 Å². The van der Waals surface area contributed by atoms with E-state index in [0.29, 0.717) is 10.9 Å². The Morgan fingerprint density at radius 3 is 2.53 bits per heavy atom. The van der Waals surface area contributed by atoms with Crippen molar-refractivity contribution in [1.82, 2.24) is 4.57 Å². The van der Waals surface area contributed by atoms with Crippen molar-refractivity contribution in [3.8, 4) is 0 Å². The van der Waals surface area contributed by atoms with E-state index in [1.807, 2.05) is 13.0 Å². The van der Waals surface area contributed by atoms with Crippen molar-refractivity contribution < 1.29 is 9.90 Å². The molecule has 1 heterocycles. The van der Waals surface area contributed by atoms with E-state index in [1.165, 1.54) is 4.57 Å². The molecule has 2 aromatic rings. The number of rotatable bonds is 1. The lowest BCUT2D eigenvalue weighted by atomic mass is 10.0. The van der Waals surface area contributed by atoms with Gasteiger partial charge < -0.3 is 9.67 Å². The molecule has 4 nitrogen and oxygen atoms in total. The lowest BCUT2D eigenvalue weighted by molar-refractivity contribution is 0.0698. The predicted octanol–water partition coefficient (Wildman–Crippen LogP) is 1.85. The Balaban J connectivity index is 3.10. The molecule has 0 aliphatic rings. The van der Waals surface area contributed by atoms with Crippen LogP contribution < -0.4 is 5.56 Å². The van der Waals surface area contributed by atoms with E-state index in [-0.39, 0.29) is 16.7 Å². The first-order valence-corrected chi connectivity index (χ1v) is 5.26. The van der Waals surface area contributed by atoms with Gasteiger partial charge in [0.15, 0.2) is 0 Å². The maximum absolute atomic E-state index is 11.9. The topological polar surface area (TPSA) is 59.3 Å². The molecule has 0 fully saturated rings. The summed E-state index contributed by atoms with van der Waals surface area (Å²) in [6, 6.07) is 5.44. The van der Waals surface area contributed by atoms with Crippen molar-refractivity contribution in [2.24, 2.45) is 7.05 Å². The van der Waals surface area contributed by atoms with Gasteiger partial charge in [0, 0.05) is 18.0 Å². The summed E-state index contributed by atoms with van der Waals surface area (Å²) in [5.41, 5.74) is 1.73. The molecule has 0 aliphatic carbocycles. The molecule has 0 saturated carbocycles. The Kier molecular flexibility index (Phi) is 2.50. The quantitative estimate of drug-likeness (QED) is 0.814. The highest BCUT2D eigenvalue weighted by molar-refractivity contribution is 6.04. The second-order valence-corrected chi connectivity index (χ2v) is 4.19. The number of carboxylic acid groups (broad SMARTS) is 1. The molecule has 17 heavy (non-hydrogen) atoms. The molecule has 0 bridgehead atoms. The molecule has 1 aromatic heterocycles. The van der Waals surface area contributed by atoms with E-state index in [1.54, 1.807) is 26.1 Å². The van der Waals surface area contributed by atoms with Gasteiger partial charge in [0.05, 0.1) is 11.1 Å². The summed E-state index contributed by atoms with van der Waals surface area (Å²) in [7, 11) is 1.65. The monoisotopic (exact) mass is 231 g/mol. The van der Waals surface area contributed by atoms with Gasteiger partial charge >= 0.3 is 5.97 Å². The summed E-state index contributed by atoms with van der Waals surface area (Å²) in [5, 5.41) is 9.83. The van der Waals surface area contributed by atoms with E-state index in [4.69, 9.17) is 0 Å². The van der Waals surface area contributed by atoms with Crippen molar-refractivity contribution in [2.75, 3.05) is 0 Å². The van der Waals surface area contributed by atoms with Crippen molar-refractivity contribution >= 4 is 16.9 Å². The van der Waals surface area contributed by atoms with Gasteiger partial charge in [-0.3, -0.25) is 4.79 Å². The van der Waals surface area contributed by atoms with Crippen LogP contribution in [0.1, 0.15) is 21.5 Å². The summed E-state index contributed by atoms with van der Waals surface area (Å²) in [5.74, 6) is -1.06. The second-order valence-electron chi connectivity index (χ2n) is 4.19. The molecule has 0 atom stereocenters. The average Bonchev–Trinajstić information content (AvgIpc) is 2.25. The highest BCUT2D eigenvalue weighted by Crippen LogP contribution is 2.20. The minimum atomic E-state index is -1.06. The van der Waals surface area contributed by atoms with Crippen LogP contribution in [0.3, 0.4) is 0 Å². The molecule has 4 heteroatoms. The number of nitrogens with zero attached hydrogens (tertiary/aromatic N) is 1. The van der Waals surface area contributed by atoms with Crippen LogP contribution in [0.15, 0.2) is 23.0 Å². The van der Waals surface area contributed by atoms with Crippen molar-refractivity contribution in [3.05, 3.63) is 45.2 Å². The maximum Gasteiger partial charge on any atom is 0.336 e. The summed E-state index contributed by atoms with van der Waals surface area (Å²) >= 11 is 0. The summed E-state index contributed by atoms with van der Waals surface area (Å²) in [6.45, 7) is 3.44. The smallest absolute Gasteiger partial charge is 0.336 e. The van der Waals surface area contributed by atoms with E-state index >= 15 is 0 Å². The van der Waals surface area contributed by atoms with Crippen LogP contribution in [-0.4, -0.2) is 15.6 Å². The molecule has 1 N–H and O–H groups in total. The number of carbonyl (C=O) groups is 1. The fourth-order valence-corrected chi connectivity index (χ4v) is 2.09. The van der Waals surface area contributed by atoms with E-state index in [9.17, 15) is 14.7 Å². The first-order valence-electron chi connectivity index (χ1n) is 5.26. The van der Waals surface area contributed by atoms with Crippen LogP contribution in [0.5, 0.6) is 0 Å². The van der Waals surface area contributed by atoms with Crippen molar-refractivity contribution in [2.45, 2.75) is 13.8 Å². The number of aromatic carboxylic acids is 1. The van der Waals surface area contributed by atoms with Crippen LogP contribution in [0.2, 0.25) is 0 Å². The molecular weight excluding hydrogens is 218 g/mol. The number of aryl methyl sites for hydroxylation is 2. The fraction of sp³-hybridized carbons (Fsp3) is 0.231. The molecular formula is C13H13NO3. The largest absolute Gasteiger partial charge is 0.478 e. The zero-order valence-corrected chi connectivity index (χ0v) is 9.94. The molecule has 0 amide bonds. The van der Waals surface area contributed by atoms with Gasteiger partial charge in [0.1, 0.15) is 0 Å². The number of aromatic nitrogens is 1. The van der Waals surface area contributed by atoms with E-state index in [2.05, 4.69) is 0 Å². The third kappa shape index (κ3) is 1.62. The molecule has 0 saturated heterocycles. The van der Waals surface area contributed by atoms with Gasteiger partial charge in [-0.25, -0.2) is 4.79 Å². The third-order valence-electron chi connectivity index (χ3n) is 3.00. The number of hydrogen-bond donors (Lipinski definition) is 1. The lowest BCUT2D eigenvalue weighted by Crippen LogP contribution is -2.23. The Bertz CT molecular complexity index is 683. The van der Waals surface area contributed by atoms with E-state index in [0.717, 1.165) is 5.56 Å². The molecule has 0 radical (unpaired) electrons. The molecule has 2 rings (SSSR count). The van der Waals surface area contributed by atoms with Crippen LogP contribution in [0.4, 0.5) is 0 Å². The SMILES string of the molecule is Cc1ccc2c(c1)c(C(=O)O)c(C)c(=O)n2C. The zero-order chi connectivity index (χ0) is 12.7. The molecule has 0 spiro atoms. The first kappa shape index (κ1) is 11.4. The molecule has 1 aromatic carbocycles. The molecule has 0 unspecified atom stereocenters. The van der Waals surface area contributed by atoms with Crippen LogP contribution in [0, 0.1) is 13.8 Å². The van der Waals surface area contributed by atoms with E-state index < -0.39 is 5.97 Å². The van der Waals surface area contributed by atoms with Gasteiger partial charge in [0.25, 0.3) is 5.56 Å². The summed E-state index contributed by atoms with van der Waals surface area (Å²) in [4.78, 5) is 23.2. The minimum Gasteiger partial charge on any atom is -0.478 e. The minimum absolute atomic E-state index is 0.104. The first-order chi connectivity index (χ1) is 7.93. The standard InChI is InChI=1S/C13H13NO3/c1-7-4-5-10-9(6-7)11(13(16)17)8(2)12(15)14(10)3/h4-6H,1-3H3,(H,16,17). The Labute approximate surface area is 98.1 Å². The van der Waals surface area contributed by atoms with Gasteiger partial charge in [0.2, 0.25) is 0 Å². The third-order valence-corrected chi connectivity index (χ3v) is 3.00. The van der Waals surface area contributed by atoms with Gasteiger partial charge in [-0.2, -0.15) is 0 Å². The second kappa shape index (κ2) is 3.73. The molecule has 88 valence electrons. The number of hydrogen-bond acceptors (Lipinski definition) is 2. The predicted molar refractivity (Wildman–Crippen MR) is 65.6 cm³/mol. The fourth-order valence-electron chi connectivity index (χ4n) is 2.09. The Morgan fingerprint density at radius 2 is 1.94 bits per heavy atom. The van der Waals surface area contributed by atoms with Gasteiger partial charge in [-0.15, -0.1) is 0 Å². The van der Waals surface area contributed by atoms with Crippen LogP contribution >= 0.6 is 0 Å². The number of benzene rings is 1. The maximum atomic E-state index is 11.9. The molecule has 0 aliphatic heterocycles. The number of pyridine rings is 1. The van der Waals surface area contributed by atoms with Crippen LogP contribution in [-0.2, 0) is 7.05 Å². The Hall–Kier alpha value is -2.10. The van der Waals surface area contributed by atoms with Crippen molar-refractivity contribution in [1.29, 1.82) is 0 Å². The lowest BCUT2D eigenvalue weighted by Gasteiger charge is -2.11. The normalized spacial score (nSPS) is 10.8. The highest BCUT2D eigenvalue weighted by atomic mass is 16.4. The highest BCUT2D eigenvalue weighted by Gasteiger charge is 2.17. The summed E-state index contributed by atoms with van der Waals surface area (Å²) in [6.07, 6.45) is 0. The van der Waals surface area contributed by atoms with Gasteiger partial charge in [-0.1, -0.05) is 11.6 Å². The number of carboxylic acids is 1.